The van der Waals surface area contributed by atoms with Gasteiger partial charge in [-0.2, -0.15) is 0 Å². The molecular weight excluding hydrogens is 231 g/mol. The van der Waals surface area contributed by atoms with Crippen molar-refractivity contribution in [1.29, 1.82) is 0 Å². The van der Waals surface area contributed by atoms with Crippen LogP contribution in [-0.4, -0.2) is 68.4 Å². The van der Waals surface area contributed by atoms with Crippen LogP contribution in [0.2, 0.25) is 0 Å². The summed E-state index contributed by atoms with van der Waals surface area (Å²) in [7, 11) is 0. The summed E-state index contributed by atoms with van der Waals surface area (Å²) in [5.41, 5.74) is 0.200. The fraction of sp³-hybridized carbons (Fsp3) is 0. The Balaban J connectivity index is 0.00000169. The van der Waals surface area contributed by atoms with Crippen molar-refractivity contribution in [2.75, 3.05) is 0 Å². The summed E-state index contributed by atoms with van der Waals surface area (Å²) in [6.07, 6.45) is 0. The number of carboxylic acids is 1. The Labute approximate surface area is 129 Å². The SMILES string of the molecule is O=C(O)c1cccc(C(=O)OS)c1.[KH]. The van der Waals surface area contributed by atoms with Crippen molar-refractivity contribution in [3.8, 4) is 0 Å². The Hall–Kier alpha value is 0.146. The first-order valence-electron chi connectivity index (χ1n) is 3.34. The van der Waals surface area contributed by atoms with E-state index in [1.165, 1.54) is 24.3 Å². The van der Waals surface area contributed by atoms with Gasteiger partial charge in [0.15, 0.2) is 0 Å². The number of carboxylic acid groups (broad SMARTS) is 1. The number of benzene rings is 1. The summed E-state index contributed by atoms with van der Waals surface area (Å²) in [4.78, 5) is 21.4. The van der Waals surface area contributed by atoms with Crippen LogP contribution in [-0.2, 0) is 4.18 Å². The number of thiol groups is 1. The summed E-state index contributed by atoms with van der Waals surface area (Å²) < 4.78 is 4.13. The van der Waals surface area contributed by atoms with E-state index in [-0.39, 0.29) is 62.5 Å². The molecule has 70 valence electrons. The first-order chi connectivity index (χ1) is 6.15. The van der Waals surface area contributed by atoms with Gasteiger partial charge in [-0.25, -0.2) is 9.59 Å². The Morgan fingerprint density at radius 3 is 2.36 bits per heavy atom. The second-order valence-electron chi connectivity index (χ2n) is 2.26. The molecule has 6 heteroatoms. The van der Waals surface area contributed by atoms with Gasteiger partial charge in [-0.05, 0) is 18.2 Å². The fourth-order valence-corrected chi connectivity index (χ4v) is 0.937. The number of hydrogen-bond acceptors (Lipinski definition) is 4. The number of carbonyl (C=O) groups is 2. The minimum atomic E-state index is -1.09. The molecule has 0 atom stereocenters. The number of rotatable bonds is 2. The van der Waals surface area contributed by atoms with Crippen LogP contribution in [0.1, 0.15) is 20.7 Å². The summed E-state index contributed by atoms with van der Waals surface area (Å²) >= 11 is 3.32. The van der Waals surface area contributed by atoms with Crippen LogP contribution in [0.3, 0.4) is 0 Å². The van der Waals surface area contributed by atoms with E-state index in [4.69, 9.17) is 5.11 Å². The van der Waals surface area contributed by atoms with Gasteiger partial charge in [0.05, 0.1) is 11.1 Å². The van der Waals surface area contributed by atoms with Crippen LogP contribution >= 0.6 is 12.9 Å². The van der Waals surface area contributed by atoms with Gasteiger partial charge in [0.1, 0.15) is 0 Å². The zero-order valence-electron chi connectivity index (χ0n) is 6.43. The van der Waals surface area contributed by atoms with E-state index in [9.17, 15) is 9.59 Å². The summed E-state index contributed by atoms with van der Waals surface area (Å²) in [6.45, 7) is 0. The Morgan fingerprint density at radius 1 is 1.29 bits per heavy atom. The number of hydrogen-bond donors (Lipinski definition) is 2. The van der Waals surface area contributed by atoms with E-state index < -0.39 is 11.9 Å². The van der Waals surface area contributed by atoms with Crippen molar-refractivity contribution < 1.29 is 18.9 Å². The average molecular weight is 238 g/mol. The van der Waals surface area contributed by atoms with Gasteiger partial charge >= 0.3 is 63.3 Å². The molecule has 1 aromatic rings. The van der Waals surface area contributed by atoms with Gasteiger partial charge < -0.3 is 9.29 Å². The molecule has 14 heavy (non-hydrogen) atoms. The molecule has 0 saturated heterocycles. The predicted octanol–water partition coefficient (Wildman–Crippen LogP) is 0.738. The zero-order valence-corrected chi connectivity index (χ0v) is 7.32. The Kier molecular flexibility index (Phi) is 6.67. The maximum absolute atomic E-state index is 10.9. The van der Waals surface area contributed by atoms with E-state index in [0.717, 1.165) is 0 Å². The van der Waals surface area contributed by atoms with Crippen molar-refractivity contribution in [1.82, 2.24) is 0 Å². The monoisotopic (exact) mass is 238 g/mol. The van der Waals surface area contributed by atoms with Gasteiger partial charge in [0, 0.05) is 12.9 Å². The average Bonchev–Trinajstić information content (AvgIpc) is 2.17. The van der Waals surface area contributed by atoms with Crippen molar-refractivity contribution in [2.24, 2.45) is 0 Å². The Bertz CT molecular complexity index is 353. The predicted molar refractivity (Wildman–Crippen MR) is 55.0 cm³/mol. The van der Waals surface area contributed by atoms with Crippen LogP contribution < -0.4 is 0 Å². The summed E-state index contributed by atoms with van der Waals surface area (Å²) in [5.74, 6) is -1.76. The third-order valence-electron chi connectivity index (χ3n) is 1.43. The van der Waals surface area contributed by atoms with Crippen molar-refractivity contribution in [2.45, 2.75) is 0 Å². The fourth-order valence-electron chi connectivity index (χ4n) is 0.832. The van der Waals surface area contributed by atoms with E-state index >= 15 is 0 Å². The molecule has 0 amide bonds. The molecule has 0 aromatic heterocycles. The molecule has 0 spiro atoms. The molecule has 0 unspecified atom stereocenters. The number of carbonyl (C=O) groups excluding carboxylic acids is 1. The van der Waals surface area contributed by atoms with Crippen LogP contribution in [0, 0.1) is 0 Å². The second-order valence-corrected chi connectivity index (χ2v) is 2.45. The third-order valence-corrected chi connectivity index (χ3v) is 1.59. The molecule has 0 bridgehead atoms. The molecule has 0 radical (unpaired) electrons. The topological polar surface area (TPSA) is 63.6 Å². The summed E-state index contributed by atoms with van der Waals surface area (Å²) in [6, 6.07) is 5.52. The molecule has 0 heterocycles. The molecule has 0 aliphatic carbocycles. The Morgan fingerprint density at radius 2 is 1.86 bits per heavy atom. The van der Waals surface area contributed by atoms with E-state index in [1.54, 1.807) is 0 Å². The molecule has 0 saturated carbocycles. The molecule has 1 rings (SSSR count). The quantitative estimate of drug-likeness (QED) is 0.453. The normalized spacial score (nSPS) is 8.64. The molecule has 0 fully saturated rings. The van der Waals surface area contributed by atoms with E-state index in [2.05, 4.69) is 17.1 Å². The first kappa shape index (κ1) is 14.1. The zero-order chi connectivity index (χ0) is 9.84. The first-order valence-corrected chi connectivity index (χ1v) is 3.71. The molecule has 0 aliphatic rings. The van der Waals surface area contributed by atoms with Gasteiger partial charge in [-0.3, -0.25) is 0 Å². The van der Waals surface area contributed by atoms with Crippen LogP contribution in [0.15, 0.2) is 24.3 Å². The molecule has 0 aliphatic heterocycles. The minimum absolute atomic E-state index is 0. The van der Waals surface area contributed by atoms with Gasteiger partial charge in [0.25, 0.3) is 0 Å². The maximum atomic E-state index is 10.9. The van der Waals surface area contributed by atoms with Crippen LogP contribution in [0.5, 0.6) is 0 Å². The third kappa shape index (κ3) is 3.72. The van der Waals surface area contributed by atoms with Crippen LogP contribution in [0.25, 0.3) is 0 Å². The van der Waals surface area contributed by atoms with Gasteiger partial charge in [0.2, 0.25) is 0 Å². The van der Waals surface area contributed by atoms with Gasteiger partial charge in [-0.15, -0.1) is 0 Å². The molecular formula is C8H7KO4S. The van der Waals surface area contributed by atoms with Crippen molar-refractivity contribution >= 4 is 76.2 Å². The van der Waals surface area contributed by atoms with Crippen molar-refractivity contribution in [3.63, 3.8) is 0 Å². The summed E-state index contributed by atoms with van der Waals surface area (Å²) in [5, 5.41) is 8.59. The van der Waals surface area contributed by atoms with Crippen LogP contribution in [0.4, 0.5) is 0 Å². The van der Waals surface area contributed by atoms with E-state index in [0.29, 0.717) is 0 Å². The number of aromatic carboxylic acids is 1. The second kappa shape index (κ2) is 6.60. The van der Waals surface area contributed by atoms with E-state index in [1.807, 2.05) is 0 Å². The molecule has 1 aromatic carbocycles. The molecule has 4 nitrogen and oxygen atoms in total. The van der Waals surface area contributed by atoms with Crippen molar-refractivity contribution in [3.05, 3.63) is 35.4 Å². The molecule has 1 N–H and O–H groups in total. The standard InChI is InChI=1S/C8H6O4S.K.H/c9-7(10)5-2-1-3-6(4-5)8(11)12-13;;/h1-4,13H,(H,9,10);;. The van der Waals surface area contributed by atoms with Gasteiger partial charge in [-0.1, -0.05) is 6.07 Å².